The van der Waals surface area contributed by atoms with Crippen molar-refractivity contribution in [2.75, 3.05) is 52.5 Å². The van der Waals surface area contributed by atoms with E-state index in [2.05, 4.69) is 15.3 Å². The van der Waals surface area contributed by atoms with E-state index in [0.717, 1.165) is 0 Å². The molecule has 0 bridgehead atoms. The molecule has 4 rings (SSSR count). The third-order valence-electron chi connectivity index (χ3n) is 7.14. The second kappa shape index (κ2) is 14.3. The van der Waals surface area contributed by atoms with Crippen LogP contribution < -0.4 is 26.3 Å². The van der Waals surface area contributed by atoms with Crippen LogP contribution in [0.5, 0.6) is 11.5 Å². The van der Waals surface area contributed by atoms with E-state index in [1.807, 2.05) is 37.5 Å². The molecule has 2 aromatic heterocycles. The Balaban J connectivity index is 1.55. The van der Waals surface area contributed by atoms with Crippen molar-refractivity contribution in [2.24, 2.45) is 5.73 Å². The third kappa shape index (κ3) is 7.85. The summed E-state index contributed by atoms with van der Waals surface area (Å²) in [5, 5.41) is 3.08. The van der Waals surface area contributed by atoms with Crippen LogP contribution in [0.2, 0.25) is 0 Å². The Morgan fingerprint density at radius 2 is 1.57 bits per heavy atom. The Kier molecular flexibility index (Phi) is 10.5. The van der Waals surface area contributed by atoms with Crippen LogP contribution in [-0.2, 0) is 22.6 Å². The van der Waals surface area contributed by atoms with Crippen LogP contribution in [0.15, 0.2) is 36.4 Å². The number of methoxy groups -OCH3 is 2. The number of allylic oxidation sites excluding steroid dienone is 2. The number of hydrogen-bond acceptors (Lipinski definition) is 11. The summed E-state index contributed by atoms with van der Waals surface area (Å²) in [6.45, 7) is 6.80. The first-order valence-electron chi connectivity index (χ1n) is 14.9. The molecule has 47 heavy (non-hydrogen) atoms. The zero-order valence-corrected chi connectivity index (χ0v) is 27.7. The van der Waals surface area contributed by atoms with Gasteiger partial charge in [-0.15, -0.1) is 0 Å². The maximum Gasteiger partial charge on any atom is 0.410 e. The molecule has 2 amide bonds. The molecule has 0 spiro atoms. The molecule has 0 aliphatic carbocycles. The number of aromatic nitrogens is 4. The van der Waals surface area contributed by atoms with Crippen LogP contribution in [0, 0.1) is 0 Å². The minimum Gasteiger partial charge on any atom is -0.494 e. The number of anilines is 2. The number of hydrogen-bond donors (Lipinski definition) is 3. The monoisotopic (exact) mass is 650 g/mol. The molecule has 4 aromatic rings. The van der Waals surface area contributed by atoms with Crippen LogP contribution in [0.4, 0.5) is 16.7 Å². The van der Waals surface area contributed by atoms with E-state index in [0.29, 0.717) is 71.1 Å². The molecule has 0 aliphatic heterocycles. The molecule has 15 nitrogen and oxygen atoms in total. The van der Waals surface area contributed by atoms with Crippen molar-refractivity contribution >= 4 is 51.9 Å². The number of nitrogens with zero attached hydrogens (tertiary/aromatic N) is 5. The van der Waals surface area contributed by atoms with Gasteiger partial charge in [-0.2, -0.15) is 0 Å². The van der Waals surface area contributed by atoms with Crippen molar-refractivity contribution in [2.45, 2.75) is 45.9 Å². The first kappa shape index (κ1) is 34.4. The van der Waals surface area contributed by atoms with Gasteiger partial charge in [0, 0.05) is 39.3 Å². The minimum atomic E-state index is -0.628. The number of nitrogen functional groups attached to an aromatic ring is 1. The van der Waals surface area contributed by atoms with E-state index in [1.165, 1.54) is 19.1 Å². The number of nitrogens with two attached hydrogens (primary N) is 2. The van der Waals surface area contributed by atoms with Crippen molar-refractivity contribution in [1.82, 2.24) is 24.0 Å². The number of carbonyl (C=O) groups excluding carboxylic acids is 3. The van der Waals surface area contributed by atoms with E-state index in [4.69, 9.17) is 30.4 Å². The van der Waals surface area contributed by atoms with Gasteiger partial charge in [0.2, 0.25) is 17.8 Å². The van der Waals surface area contributed by atoms with E-state index in [1.54, 1.807) is 42.9 Å². The number of esters is 1. The number of imidazole rings is 2. The lowest BCUT2D eigenvalue weighted by Crippen LogP contribution is -2.35. The van der Waals surface area contributed by atoms with Crippen LogP contribution in [0.25, 0.3) is 22.1 Å². The van der Waals surface area contributed by atoms with Gasteiger partial charge in [0.1, 0.15) is 28.1 Å². The second-order valence-electron chi connectivity index (χ2n) is 11.7. The largest absolute Gasteiger partial charge is 0.494 e. The highest BCUT2D eigenvalue weighted by atomic mass is 16.6. The Hall–Kier alpha value is -5.47. The topological polar surface area (TPSA) is 191 Å². The Labute approximate surface area is 272 Å². The van der Waals surface area contributed by atoms with Crippen molar-refractivity contribution in [3.8, 4) is 11.5 Å². The van der Waals surface area contributed by atoms with Crippen molar-refractivity contribution in [3.63, 3.8) is 0 Å². The van der Waals surface area contributed by atoms with Gasteiger partial charge in [0.25, 0.3) is 0 Å². The number of nitrogens with one attached hydrogen (secondary N) is 1. The van der Waals surface area contributed by atoms with Gasteiger partial charge in [0.15, 0.2) is 0 Å². The average Bonchev–Trinajstić information content (AvgIpc) is 3.55. The fourth-order valence-electron chi connectivity index (χ4n) is 4.95. The highest BCUT2D eigenvalue weighted by Gasteiger charge is 2.21. The lowest BCUT2D eigenvalue weighted by atomic mass is 10.1. The summed E-state index contributed by atoms with van der Waals surface area (Å²) in [5.74, 6) is 0.538. The molecule has 0 saturated carbocycles. The molecule has 0 aliphatic rings. The van der Waals surface area contributed by atoms with Crippen LogP contribution in [0.1, 0.15) is 47.9 Å². The van der Waals surface area contributed by atoms with E-state index >= 15 is 0 Å². The molecular formula is C32H42N8O7. The molecule has 0 atom stereocenters. The fraction of sp³-hybridized carbons (Fsp3) is 0.406. The summed E-state index contributed by atoms with van der Waals surface area (Å²) in [6.07, 6.45) is 3.92. The third-order valence-corrected chi connectivity index (χ3v) is 7.14. The van der Waals surface area contributed by atoms with Crippen molar-refractivity contribution < 1.29 is 33.3 Å². The number of carbonyl (C=O) groups is 3. The SMILES string of the molecule is CNc1nc2cc(C(=O)OC)cc(OC)c2n1C/C=C/Cn1c(N)nc2cc(C(N)=O)cc(OCCCN(C)C(=O)OC(C)(C)C)c21. The molecule has 0 radical (unpaired) electrons. The van der Waals surface area contributed by atoms with Crippen LogP contribution in [0.3, 0.4) is 0 Å². The predicted octanol–water partition coefficient (Wildman–Crippen LogP) is 3.80. The Morgan fingerprint density at radius 3 is 2.19 bits per heavy atom. The summed E-state index contributed by atoms with van der Waals surface area (Å²) in [7, 11) is 6.25. The number of benzene rings is 2. The smallest absolute Gasteiger partial charge is 0.410 e. The molecule has 5 N–H and O–H groups in total. The quantitative estimate of drug-likeness (QED) is 0.108. The van der Waals surface area contributed by atoms with Crippen LogP contribution in [-0.4, -0.2) is 89.0 Å². The molecule has 0 fully saturated rings. The van der Waals surface area contributed by atoms with Gasteiger partial charge < -0.3 is 49.8 Å². The van der Waals surface area contributed by atoms with Crippen molar-refractivity contribution in [3.05, 3.63) is 47.5 Å². The summed E-state index contributed by atoms with van der Waals surface area (Å²) in [4.78, 5) is 47.1. The first-order valence-corrected chi connectivity index (χ1v) is 14.9. The van der Waals surface area contributed by atoms with E-state index < -0.39 is 23.6 Å². The van der Waals surface area contributed by atoms with Crippen molar-refractivity contribution in [1.29, 1.82) is 0 Å². The number of fused-ring (bicyclic) bond motifs is 2. The van der Waals surface area contributed by atoms with Gasteiger partial charge in [-0.1, -0.05) is 12.2 Å². The fourth-order valence-corrected chi connectivity index (χ4v) is 4.95. The normalized spacial score (nSPS) is 11.6. The molecular weight excluding hydrogens is 608 g/mol. The molecule has 15 heteroatoms. The Bertz CT molecular complexity index is 1820. The maximum atomic E-state index is 12.3. The summed E-state index contributed by atoms with van der Waals surface area (Å²) >= 11 is 0. The summed E-state index contributed by atoms with van der Waals surface area (Å²) < 4.78 is 25.7. The number of ether oxygens (including phenoxy) is 4. The van der Waals surface area contributed by atoms with Gasteiger partial charge in [0.05, 0.1) is 37.4 Å². The van der Waals surface area contributed by atoms with E-state index in [9.17, 15) is 14.4 Å². The van der Waals surface area contributed by atoms with Crippen LogP contribution >= 0.6 is 0 Å². The van der Waals surface area contributed by atoms with Gasteiger partial charge >= 0.3 is 12.1 Å². The molecule has 252 valence electrons. The highest BCUT2D eigenvalue weighted by Crippen LogP contribution is 2.32. The lowest BCUT2D eigenvalue weighted by molar-refractivity contribution is 0.0291. The minimum absolute atomic E-state index is 0.224. The molecule has 2 aromatic carbocycles. The Morgan fingerprint density at radius 1 is 0.957 bits per heavy atom. The van der Waals surface area contributed by atoms with Gasteiger partial charge in [-0.3, -0.25) is 4.79 Å². The zero-order chi connectivity index (χ0) is 34.5. The first-order chi connectivity index (χ1) is 22.3. The summed E-state index contributed by atoms with van der Waals surface area (Å²) in [5.41, 5.74) is 14.2. The standard InChI is InChI=1S/C32H42N8O7/c1-32(2,3)47-31(43)38(5)11-10-14-46-24-17-19(27(33)41)15-21-26(24)39(29(34)36-21)12-8-9-13-40-25-22(37-30(40)35-4)16-20(28(42)45-7)18-23(25)44-6/h8-9,15-18H,10-14H2,1-7H3,(H2,33,41)(H2,34,36)(H,35,37)/b9-8+. The van der Waals surface area contributed by atoms with E-state index in [-0.39, 0.29) is 18.1 Å². The molecule has 0 saturated heterocycles. The number of rotatable bonds is 13. The maximum absolute atomic E-state index is 12.3. The van der Waals surface area contributed by atoms with Gasteiger partial charge in [-0.25, -0.2) is 19.6 Å². The molecule has 2 heterocycles. The number of amides is 2. The summed E-state index contributed by atoms with van der Waals surface area (Å²) in [6, 6.07) is 6.41. The predicted molar refractivity (Wildman–Crippen MR) is 178 cm³/mol. The number of primary amides is 1. The zero-order valence-electron chi connectivity index (χ0n) is 27.7. The molecule has 0 unspecified atom stereocenters. The highest BCUT2D eigenvalue weighted by molar-refractivity contribution is 5.99. The lowest BCUT2D eigenvalue weighted by Gasteiger charge is -2.24. The van der Waals surface area contributed by atoms with Gasteiger partial charge in [-0.05, 0) is 51.5 Å². The average molecular weight is 651 g/mol. The second-order valence-corrected chi connectivity index (χ2v) is 11.7.